The molecule has 3 rings (SSSR count). The summed E-state index contributed by atoms with van der Waals surface area (Å²) in [5, 5.41) is 3.10. The zero-order chi connectivity index (χ0) is 17.8. The predicted molar refractivity (Wildman–Crippen MR) is 97.2 cm³/mol. The number of anilines is 1. The zero-order valence-electron chi connectivity index (χ0n) is 13.7. The van der Waals surface area contributed by atoms with E-state index in [-0.39, 0.29) is 11.5 Å². The van der Waals surface area contributed by atoms with Gasteiger partial charge in [-0.05, 0) is 41.8 Å². The Morgan fingerprint density at radius 2 is 1.92 bits per heavy atom. The van der Waals surface area contributed by atoms with Crippen LogP contribution in [0.15, 0.2) is 47.5 Å². The van der Waals surface area contributed by atoms with Crippen LogP contribution in [0, 0.1) is 11.6 Å². The van der Waals surface area contributed by atoms with Gasteiger partial charge in [0.05, 0.1) is 11.6 Å². The Hall–Kier alpha value is -2.73. The second kappa shape index (κ2) is 7.44. The molecule has 1 unspecified atom stereocenters. The van der Waals surface area contributed by atoms with Gasteiger partial charge in [-0.2, -0.15) is 0 Å². The number of benzene rings is 2. The highest BCUT2D eigenvalue weighted by molar-refractivity contribution is 6.00. The fourth-order valence-corrected chi connectivity index (χ4v) is 2.68. The highest BCUT2D eigenvalue weighted by Crippen LogP contribution is 2.25. The second-order valence-corrected chi connectivity index (χ2v) is 5.91. The largest absolute Gasteiger partial charge is 0.398 e. The number of hydrogen-bond acceptors (Lipinski definition) is 4. The minimum atomic E-state index is -0.520. The van der Waals surface area contributed by atoms with E-state index in [4.69, 9.17) is 11.5 Å². The van der Waals surface area contributed by atoms with Gasteiger partial charge in [0.2, 0.25) is 0 Å². The molecular formula is C19H20F2N4. The maximum atomic E-state index is 14.3. The minimum absolute atomic E-state index is 0.286. The molecule has 25 heavy (non-hydrogen) atoms. The number of amidine groups is 1. The first-order valence-corrected chi connectivity index (χ1v) is 8.11. The average Bonchev–Trinajstić information content (AvgIpc) is 2.62. The molecule has 1 heterocycles. The Morgan fingerprint density at radius 3 is 2.60 bits per heavy atom. The topological polar surface area (TPSA) is 76.4 Å². The number of hydrogen-bond donors (Lipinski definition) is 3. The van der Waals surface area contributed by atoms with Crippen molar-refractivity contribution in [3.63, 3.8) is 0 Å². The van der Waals surface area contributed by atoms with Crippen LogP contribution in [0.4, 0.5) is 14.5 Å². The van der Waals surface area contributed by atoms with Gasteiger partial charge in [0.25, 0.3) is 0 Å². The maximum Gasteiger partial charge on any atom is 0.136 e. The van der Waals surface area contributed by atoms with Gasteiger partial charge in [-0.1, -0.05) is 24.3 Å². The summed E-state index contributed by atoms with van der Waals surface area (Å²) in [4.78, 5) is 4.32. The fourth-order valence-electron chi connectivity index (χ4n) is 2.68. The van der Waals surface area contributed by atoms with Crippen molar-refractivity contribution in [3.05, 3.63) is 70.8 Å². The van der Waals surface area contributed by atoms with Crippen LogP contribution in [-0.2, 0) is 0 Å². The Bertz CT molecular complexity index is 813. The Labute approximate surface area is 145 Å². The van der Waals surface area contributed by atoms with E-state index in [1.165, 1.54) is 18.2 Å². The SMILES string of the molecule is Nc1cc(F)c(C2=NCCCN2)cc1C(N)/C=C/c1ccc(F)cc1. The number of rotatable bonds is 4. The molecule has 0 bridgehead atoms. The summed E-state index contributed by atoms with van der Waals surface area (Å²) in [6.45, 7) is 1.42. The molecule has 0 amide bonds. The Morgan fingerprint density at radius 1 is 1.16 bits per heavy atom. The predicted octanol–water partition coefficient (Wildman–Crippen LogP) is 3.00. The molecule has 1 aliphatic heterocycles. The van der Waals surface area contributed by atoms with Crippen molar-refractivity contribution in [1.29, 1.82) is 0 Å². The molecule has 130 valence electrons. The molecule has 0 saturated carbocycles. The summed E-state index contributed by atoms with van der Waals surface area (Å²) < 4.78 is 27.2. The van der Waals surface area contributed by atoms with Gasteiger partial charge in [0.1, 0.15) is 17.5 Å². The van der Waals surface area contributed by atoms with Crippen LogP contribution in [0.3, 0.4) is 0 Å². The van der Waals surface area contributed by atoms with Crippen molar-refractivity contribution in [2.45, 2.75) is 12.5 Å². The highest BCUT2D eigenvalue weighted by atomic mass is 19.1. The molecule has 0 spiro atoms. The molecule has 0 aliphatic carbocycles. The molecule has 5 N–H and O–H groups in total. The van der Waals surface area contributed by atoms with Gasteiger partial charge in [0, 0.05) is 18.8 Å². The van der Waals surface area contributed by atoms with E-state index in [2.05, 4.69) is 10.3 Å². The number of nitrogen functional groups attached to an aromatic ring is 1. The summed E-state index contributed by atoms with van der Waals surface area (Å²) in [7, 11) is 0. The second-order valence-electron chi connectivity index (χ2n) is 5.91. The van der Waals surface area contributed by atoms with E-state index in [1.54, 1.807) is 30.4 Å². The third kappa shape index (κ3) is 4.03. The molecular weight excluding hydrogens is 322 g/mol. The first-order valence-electron chi connectivity index (χ1n) is 8.11. The fraction of sp³-hybridized carbons (Fsp3) is 0.211. The highest BCUT2D eigenvalue weighted by Gasteiger charge is 2.17. The third-order valence-electron chi connectivity index (χ3n) is 4.05. The van der Waals surface area contributed by atoms with Crippen molar-refractivity contribution >= 4 is 17.6 Å². The van der Waals surface area contributed by atoms with Crippen molar-refractivity contribution in [2.24, 2.45) is 10.7 Å². The van der Waals surface area contributed by atoms with Gasteiger partial charge in [0.15, 0.2) is 0 Å². The summed E-state index contributed by atoms with van der Waals surface area (Å²) in [5.41, 5.74) is 14.2. The number of nitrogens with two attached hydrogens (primary N) is 2. The van der Waals surface area contributed by atoms with Crippen LogP contribution in [0.25, 0.3) is 6.08 Å². The number of aliphatic imine (C=N–C) groups is 1. The molecule has 1 aliphatic rings. The van der Waals surface area contributed by atoms with Gasteiger partial charge < -0.3 is 16.8 Å². The molecule has 2 aromatic carbocycles. The molecule has 0 saturated heterocycles. The van der Waals surface area contributed by atoms with E-state index in [0.717, 1.165) is 18.5 Å². The van der Waals surface area contributed by atoms with Gasteiger partial charge in [-0.3, -0.25) is 4.99 Å². The number of nitrogens with one attached hydrogen (secondary N) is 1. The summed E-state index contributed by atoms with van der Waals surface area (Å²) in [5.74, 6) is -0.196. The summed E-state index contributed by atoms with van der Waals surface area (Å²) >= 11 is 0. The Balaban J connectivity index is 1.87. The van der Waals surface area contributed by atoms with E-state index >= 15 is 0 Å². The van der Waals surface area contributed by atoms with E-state index in [9.17, 15) is 8.78 Å². The van der Waals surface area contributed by atoms with Gasteiger partial charge in [-0.15, -0.1) is 0 Å². The minimum Gasteiger partial charge on any atom is -0.398 e. The molecule has 4 nitrogen and oxygen atoms in total. The summed E-state index contributed by atoms with van der Waals surface area (Å²) in [6.07, 6.45) is 4.45. The Kier molecular flexibility index (Phi) is 5.09. The quantitative estimate of drug-likeness (QED) is 0.748. The first-order chi connectivity index (χ1) is 12.0. The number of halogens is 2. The molecule has 0 aromatic heterocycles. The molecule has 6 heteroatoms. The first kappa shape index (κ1) is 17.1. The van der Waals surface area contributed by atoms with Gasteiger partial charge in [-0.25, -0.2) is 8.78 Å². The summed E-state index contributed by atoms with van der Waals surface area (Å²) in [6, 6.07) is 8.45. The van der Waals surface area contributed by atoms with Gasteiger partial charge >= 0.3 is 0 Å². The van der Waals surface area contributed by atoms with Crippen LogP contribution >= 0.6 is 0 Å². The zero-order valence-corrected chi connectivity index (χ0v) is 13.7. The lowest BCUT2D eigenvalue weighted by atomic mass is 9.99. The lowest BCUT2D eigenvalue weighted by molar-refractivity contribution is 0.621. The van der Waals surface area contributed by atoms with E-state index in [1.807, 2.05) is 0 Å². The van der Waals surface area contributed by atoms with Crippen molar-refractivity contribution in [2.75, 3.05) is 18.8 Å². The van der Waals surface area contributed by atoms with E-state index in [0.29, 0.717) is 23.5 Å². The molecule has 1 atom stereocenters. The van der Waals surface area contributed by atoms with Crippen LogP contribution in [0.5, 0.6) is 0 Å². The van der Waals surface area contributed by atoms with Crippen LogP contribution in [-0.4, -0.2) is 18.9 Å². The lowest BCUT2D eigenvalue weighted by Gasteiger charge is -2.18. The standard InChI is InChI=1S/C19H20F2N4/c20-13-5-2-12(3-6-13)4-7-17(22)15-10-14(16(21)11-18(15)23)19-24-8-1-9-25-19/h2-7,10-11,17H,1,8-9,22-23H2,(H,24,25)/b7-4+. The maximum absolute atomic E-state index is 14.3. The van der Waals surface area contributed by atoms with Crippen LogP contribution in [0.1, 0.15) is 29.2 Å². The smallest absolute Gasteiger partial charge is 0.136 e. The van der Waals surface area contributed by atoms with Crippen LogP contribution in [0.2, 0.25) is 0 Å². The number of nitrogens with zero attached hydrogens (tertiary/aromatic N) is 1. The van der Waals surface area contributed by atoms with Crippen molar-refractivity contribution in [3.8, 4) is 0 Å². The third-order valence-corrected chi connectivity index (χ3v) is 4.05. The van der Waals surface area contributed by atoms with E-state index < -0.39 is 11.9 Å². The average molecular weight is 342 g/mol. The molecule has 0 radical (unpaired) electrons. The van der Waals surface area contributed by atoms with Crippen molar-refractivity contribution in [1.82, 2.24) is 5.32 Å². The lowest BCUT2D eigenvalue weighted by Crippen LogP contribution is -2.31. The normalized spacial score (nSPS) is 15.7. The molecule has 0 fully saturated rings. The van der Waals surface area contributed by atoms with Crippen molar-refractivity contribution < 1.29 is 8.78 Å². The monoisotopic (exact) mass is 342 g/mol. The van der Waals surface area contributed by atoms with Crippen LogP contribution < -0.4 is 16.8 Å². The molecule has 2 aromatic rings.